The number of imidazole rings is 2. The van der Waals surface area contributed by atoms with Crippen molar-refractivity contribution in [1.29, 1.82) is 0 Å². The first-order chi connectivity index (χ1) is 53.1. The zero-order valence-electron chi connectivity index (χ0n) is 62.7. The number of carbonyl (C=O) groups excluding carboxylic acids is 2. The highest BCUT2D eigenvalue weighted by Crippen LogP contribution is 2.57. The Hall–Kier alpha value is -9.36. The molecule has 2 aliphatic carbocycles. The number of halogens is 4. The summed E-state index contributed by atoms with van der Waals surface area (Å²) in [4.78, 5) is 52.5. The number of para-hydroxylation sites is 2. The molecule has 2 unspecified atom stereocenters. The van der Waals surface area contributed by atoms with Crippen LogP contribution < -0.4 is 44.5 Å². The van der Waals surface area contributed by atoms with Crippen molar-refractivity contribution in [3.63, 3.8) is 0 Å². The van der Waals surface area contributed by atoms with Crippen molar-refractivity contribution in [3.8, 4) is 29.0 Å². The Morgan fingerprint density at radius 2 is 1.00 bits per heavy atom. The van der Waals surface area contributed by atoms with Crippen molar-refractivity contribution < 1.29 is 92.6 Å². The standard InChI is InChI=1S/C49H55F2N6O8P.C28H37F2N6O8P/c1-6-61-43-41-42(53-46(54-43)55-49(35-19-11-7-12-20-35,36-21-13-8-14-22-36)37-27-29-38(60-5)30-28-37)57(32-52-41)45-47(4,50)34(3)48(51,64-45)31-62-66(59,65-40-25-17-10-18-26-40)56-33(2)44(58)63-39-23-15-9-16-24-39;1-4-40-22-20-21(33-26(31)34-22)36(16-32-20)25-27(3,29)24(38)28(30,43-25)15-41-45(39,44-19-13-9-6-10-14-19)35-17(2)23(37)42-18-11-7-5-8-12-18/h7-8,10-14,17-22,25-30,32-34,39,45H,6,9,15-16,23-24,31H2,1-5H3,(H,56,59)(H,53,54,55);6,9-10,13-14,16-18,24-25,38H,4-5,7-8,11-12,15H2,1-3H3,(H,35,39)(H2,31,33,34)/t33-,34-,45+,47+,48+,66?;17-,24-,25+,27+,28+,45?/m00/s1. The molecule has 9 aromatic rings. The van der Waals surface area contributed by atoms with E-state index in [1.807, 2.05) is 84.9 Å². The fourth-order valence-electron chi connectivity index (χ4n) is 13.9. The van der Waals surface area contributed by atoms with Crippen molar-refractivity contribution in [2.45, 2.75) is 184 Å². The van der Waals surface area contributed by atoms with Gasteiger partial charge in [-0.05, 0) is 146 Å². The molecule has 2 saturated heterocycles. The SMILES string of the molecule is CCOc1nc(N)nc2c1ncn2[C@@H]1O[C@](F)(COP(=O)(N[C@@H](C)C(=O)OC2CCCCC2)Oc2ccccc2)[C@@H](O)[C@@]1(C)F.CCOc1nc(NC(c2ccccc2)(c2ccccc2)c2ccc(OC)cc2)nc2c1ncn2[C@@H]1O[C@](F)(COP(=O)(N[C@@H](C)C(=O)OC2CCCCC2)Oc2ccccc2)[C@@H](C)[C@@]1(C)F. The quantitative estimate of drug-likeness (QED) is 0.0121. The highest BCUT2D eigenvalue weighted by Gasteiger charge is 2.66. The van der Waals surface area contributed by atoms with Gasteiger partial charge in [-0.3, -0.25) is 27.8 Å². The molecule has 5 aromatic carbocycles. The van der Waals surface area contributed by atoms with Crippen LogP contribution in [-0.4, -0.2) is 143 Å². The topological polar surface area (TPSA) is 339 Å². The van der Waals surface area contributed by atoms with Gasteiger partial charge in [0.2, 0.25) is 29.5 Å². The van der Waals surface area contributed by atoms with Gasteiger partial charge in [-0.15, -0.1) is 0 Å². The maximum atomic E-state index is 17.4. The van der Waals surface area contributed by atoms with Crippen LogP contribution in [-0.2, 0) is 52.3 Å². The number of methoxy groups -OCH3 is 1. The van der Waals surface area contributed by atoms with E-state index in [4.69, 9.17) is 67.0 Å². The van der Waals surface area contributed by atoms with Gasteiger partial charge in [0.15, 0.2) is 52.2 Å². The number of rotatable bonds is 30. The van der Waals surface area contributed by atoms with Crippen LogP contribution in [0, 0.1) is 5.92 Å². The van der Waals surface area contributed by atoms with Gasteiger partial charge in [-0.25, -0.2) is 36.7 Å². The van der Waals surface area contributed by atoms with Gasteiger partial charge in [-0.1, -0.05) is 129 Å². The molecule has 0 amide bonds. The molecule has 0 bridgehead atoms. The first-order valence-electron chi connectivity index (χ1n) is 36.9. The van der Waals surface area contributed by atoms with Crippen LogP contribution in [0.15, 0.2) is 158 Å². The number of hydrogen-bond acceptors (Lipinski definition) is 24. The van der Waals surface area contributed by atoms with Crippen LogP contribution in [0.25, 0.3) is 22.3 Å². The fourth-order valence-corrected chi connectivity index (χ4v) is 16.9. The summed E-state index contributed by atoms with van der Waals surface area (Å²) in [5.74, 6) is -8.20. The Morgan fingerprint density at radius 1 is 0.586 bits per heavy atom. The lowest BCUT2D eigenvalue weighted by Crippen LogP contribution is -2.47. The van der Waals surface area contributed by atoms with E-state index in [-0.39, 0.29) is 82.9 Å². The van der Waals surface area contributed by atoms with Crippen LogP contribution in [0.4, 0.5) is 29.5 Å². The lowest BCUT2D eigenvalue weighted by atomic mass is 9.77. The normalized spacial score (nSPS) is 24.6. The molecule has 4 aromatic heterocycles. The number of fused-ring (bicyclic) bond motifs is 2. The van der Waals surface area contributed by atoms with E-state index in [1.54, 1.807) is 57.4 Å². The highest BCUT2D eigenvalue weighted by atomic mass is 31.2. The minimum atomic E-state index is -4.58. The lowest BCUT2D eigenvalue weighted by Gasteiger charge is -2.37. The summed E-state index contributed by atoms with van der Waals surface area (Å²) in [7, 11) is -7.56. The molecule has 28 nitrogen and oxygen atoms in total. The molecule has 0 spiro atoms. The maximum absolute atomic E-state index is 17.4. The third kappa shape index (κ3) is 17.9. The van der Waals surface area contributed by atoms with E-state index in [0.717, 1.165) is 85.9 Å². The molecule has 4 fully saturated rings. The van der Waals surface area contributed by atoms with Crippen LogP contribution >= 0.6 is 15.5 Å². The number of aromatic nitrogens is 8. The second-order valence-electron chi connectivity index (χ2n) is 28.0. The van der Waals surface area contributed by atoms with Crippen molar-refractivity contribution in [2.75, 3.05) is 44.6 Å². The van der Waals surface area contributed by atoms with Gasteiger partial charge < -0.3 is 58.4 Å². The molecular weight excluding hydrogens is 1490 g/mol. The van der Waals surface area contributed by atoms with Crippen molar-refractivity contribution >= 4 is 61.7 Å². The molecule has 34 heteroatoms. The number of nitrogen functional groups attached to an aromatic ring is 1. The number of anilines is 2. The van der Waals surface area contributed by atoms with Gasteiger partial charge in [0.1, 0.15) is 60.3 Å². The van der Waals surface area contributed by atoms with Crippen LogP contribution in [0.5, 0.6) is 29.0 Å². The Labute approximate surface area is 639 Å². The van der Waals surface area contributed by atoms with Crippen LogP contribution in [0.2, 0.25) is 0 Å². The summed E-state index contributed by atoms with van der Waals surface area (Å²) < 4.78 is 160. The van der Waals surface area contributed by atoms with E-state index >= 15 is 17.6 Å². The molecule has 13 rings (SSSR count). The molecule has 111 heavy (non-hydrogen) atoms. The third-order valence-corrected chi connectivity index (χ3v) is 23.2. The minimum absolute atomic E-state index is 0.0221. The van der Waals surface area contributed by atoms with Crippen molar-refractivity contribution in [3.05, 3.63) is 175 Å². The number of nitrogens with two attached hydrogens (primary N) is 1. The maximum Gasteiger partial charge on any atom is 0.459 e. The predicted molar refractivity (Wildman–Crippen MR) is 401 cm³/mol. The largest absolute Gasteiger partial charge is 0.497 e. The highest BCUT2D eigenvalue weighted by molar-refractivity contribution is 7.52. The number of ether oxygens (including phenoxy) is 7. The molecule has 0 radical (unpaired) electrons. The zero-order valence-corrected chi connectivity index (χ0v) is 64.5. The smallest absolute Gasteiger partial charge is 0.459 e. The van der Waals surface area contributed by atoms with E-state index in [9.17, 15) is 23.8 Å². The number of aliphatic hydroxyl groups is 1. The monoisotopic (exact) mass is 1580 g/mol. The number of aliphatic hydroxyl groups excluding tert-OH is 1. The van der Waals surface area contributed by atoms with E-state index < -0.39 is 106 Å². The first-order valence-corrected chi connectivity index (χ1v) is 40.0. The summed E-state index contributed by atoms with van der Waals surface area (Å²) in [5.41, 5.74) is 2.30. The molecule has 594 valence electrons. The molecule has 6 heterocycles. The minimum Gasteiger partial charge on any atom is -0.497 e. The molecular formula is C77H92F4N12O16P2. The molecule has 6 N–H and O–H groups in total. The average molecular weight is 1580 g/mol. The van der Waals surface area contributed by atoms with Gasteiger partial charge in [0, 0.05) is 0 Å². The van der Waals surface area contributed by atoms with Crippen LogP contribution in [0.1, 0.15) is 142 Å². The second kappa shape index (κ2) is 34.3. The van der Waals surface area contributed by atoms with Crippen molar-refractivity contribution in [2.24, 2.45) is 5.92 Å². The summed E-state index contributed by atoms with van der Waals surface area (Å²) >= 11 is 0. The zero-order chi connectivity index (χ0) is 78.9. The Bertz CT molecular complexity index is 4690. The van der Waals surface area contributed by atoms with Crippen LogP contribution in [0.3, 0.4) is 0 Å². The van der Waals surface area contributed by atoms with E-state index in [2.05, 4.69) is 35.4 Å². The predicted octanol–water partition coefficient (Wildman–Crippen LogP) is 14.4. The van der Waals surface area contributed by atoms with Crippen molar-refractivity contribution in [1.82, 2.24) is 49.2 Å². The Kier molecular flexibility index (Phi) is 25.1. The van der Waals surface area contributed by atoms with E-state index in [0.29, 0.717) is 18.6 Å². The van der Waals surface area contributed by atoms with Gasteiger partial charge in [-0.2, -0.15) is 30.1 Å². The number of carbonyl (C=O) groups is 2. The molecule has 2 aliphatic heterocycles. The summed E-state index contributed by atoms with van der Waals surface area (Å²) in [6.07, 6.45) is 4.65. The number of nitrogens with one attached hydrogen (secondary N) is 3. The Morgan fingerprint density at radius 3 is 1.46 bits per heavy atom. The Balaban J connectivity index is 0.000000222. The average Bonchev–Trinajstić information content (AvgIpc) is 1.55. The summed E-state index contributed by atoms with van der Waals surface area (Å²) in [6, 6.07) is 40.7. The number of alkyl halides is 4. The first kappa shape index (κ1) is 81.1. The fraction of sp³-hybridized carbons (Fsp3) is 0.455. The molecule has 12 atom stereocenters. The number of nitrogens with zero attached hydrogens (tertiary/aromatic N) is 8. The number of esters is 2. The van der Waals surface area contributed by atoms with Gasteiger partial charge >= 0.3 is 27.4 Å². The number of benzene rings is 5. The second-order valence-corrected chi connectivity index (χ2v) is 31.4. The lowest BCUT2D eigenvalue weighted by molar-refractivity contribution is -0.202. The summed E-state index contributed by atoms with van der Waals surface area (Å²) in [6.45, 7) is 7.93. The molecule has 4 aliphatic rings. The summed E-state index contributed by atoms with van der Waals surface area (Å²) in [5, 5.41) is 19.6. The molecule has 2 saturated carbocycles. The number of hydrogen-bond donors (Lipinski definition) is 5. The van der Waals surface area contributed by atoms with E-state index in [1.165, 1.54) is 62.9 Å². The third-order valence-electron chi connectivity index (χ3n) is 20.0. The van der Waals surface area contributed by atoms with Gasteiger partial charge in [0.25, 0.3) is 5.85 Å². The van der Waals surface area contributed by atoms with Gasteiger partial charge in [0.05, 0.1) is 38.9 Å².